The minimum Gasteiger partial charge on any atom is -0.488 e. The molecule has 1 N–H and O–H groups in total. The molecule has 0 radical (unpaired) electrons. The van der Waals surface area contributed by atoms with E-state index in [0.717, 1.165) is 26.1 Å². The van der Waals surface area contributed by atoms with Crippen molar-refractivity contribution in [3.05, 3.63) is 80.0 Å². The first-order chi connectivity index (χ1) is 15.2. The topological polar surface area (TPSA) is 86.3 Å². The molecule has 1 aromatic heterocycles. The van der Waals surface area contributed by atoms with Crippen LogP contribution in [0.5, 0.6) is 5.75 Å². The maximum Gasteiger partial charge on any atom is 0.368 e. The minimum absolute atomic E-state index is 0.0949. The van der Waals surface area contributed by atoms with Crippen LogP contribution in [0.2, 0.25) is 0 Å². The summed E-state index contributed by atoms with van der Waals surface area (Å²) in [5.41, 5.74) is 6.05. The smallest absolute Gasteiger partial charge is 0.368 e. The van der Waals surface area contributed by atoms with Gasteiger partial charge in [0.05, 0.1) is 17.0 Å². The first kappa shape index (κ1) is 23.2. The van der Waals surface area contributed by atoms with Crippen molar-refractivity contribution in [2.75, 3.05) is 7.05 Å². The normalized spacial score (nSPS) is 12.5. The molecule has 168 valence electrons. The Bertz CT molecular complexity index is 1260. The highest BCUT2D eigenvalue weighted by Gasteiger charge is 2.16. The molecule has 0 spiro atoms. The third kappa shape index (κ3) is 4.72. The van der Waals surface area contributed by atoms with Gasteiger partial charge in [0.1, 0.15) is 18.2 Å². The van der Waals surface area contributed by atoms with Crippen LogP contribution in [0.1, 0.15) is 30.5 Å². The zero-order valence-electron chi connectivity index (χ0n) is 18.5. The van der Waals surface area contributed by atoms with Gasteiger partial charge in [-0.3, -0.25) is 0 Å². The monoisotopic (exact) mass is 458 g/mol. The molecular weight excluding hydrogens is 435 g/mol. The van der Waals surface area contributed by atoms with Crippen molar-refractivity contribution in [3.8, 4) is 11.4 Å². The quantitative estimate of drug-likeness (QED) is 0.433. The number of halogens is 2. The Balaban J connectivity index is 1.91. The van der Waals surface area contributed by atoms with E-state index in [1.54, 1.807) is 26.1 Å². The van der Waals surface area contributed by atoms with Crippen LogP contribution in [0.15, 0.2) is 56.9 Å². The molecule has 0 atom stereocenters. The summed E-state index contributed by atoms with van der Waals surface area (Å²) >= 11 is 6.17. The van der Waals surface area contributed by atoms with E-state index in [0.29, 0.717) is 16.5 Å². The number of nitrogens with one attached hydrogen (secondary N) is 1. The van der Waals surface area contributed by atoms with Gasteiger partial charge in [-0.1, -0.05) is 17.7 Å². The Labute approximate surface area is 189 Å². The van der Waals surface area contributed by atoms with Crippen LogP contribution < -0.4 is 15.9 Å². The van der Waals surface area contributed by atoms with Crippen molar-refractivity contribution in [2.45, 2.75) is 27.4 Å². The highest BCUT2D eigenvalue weighted by molar-refractivity contribution is 6.32. The van der Waals surface area contributed by atoms with Crippen LogP contribution in [-0.4, -0.2) is 32.5 Å². The number of tetrazole rings is 1. The summed E-state index contributed by atoms with van der Waals surface area (Å²) in [4.78, 5) is 12.2. The van der Waals surface area contributed by atoms with Crippen LogP contribution in [-0.2, 0) is 13.7 Å². The van der Waals surface area contributed by atoms with Gasteiger partial charge in [0.15, 0.2) is 0 Å². The molecule has 3 rings (SSSR count). The molecular formula is C22H24ClFN6O2. The molecule has 1 heterocycles. The average Bonchev–Trinajstić information content (AvgIpc) is 3.09. The Morgan fingerprint density at radius 1 is 1.25 bits per heavy atom. The van der Waals surface area contributed by atoms with Crippen molar-refractivity contribution in [2.24, 2.45) is 12.1 Å². The second kappa shape index (κ2) is 9.78. The Hall–Kier alpha value is -3.46. The molecule has 8 nitrogen and oxygen atoms in total. The number of hydrazone groups is 1. The summed E-state index contributed by atoms with van der Waals surface area (Å²) in [7, 11) is 3.19. The summed E-state index contributed by atoms with van der Waals surface area (Å²) in [6.45, 7) is 5.49. The number of aromatic nitrogens is 4. The second-order valence-corrected chi connectivity index (χ2v) is 7.71. The van der Waals surface area contributed by atoms with Crippen LogP contribution in [0.25, 0.3) is 5.69 Å². The van der Waals surface area contributed by atoms with Gasteiger partial charge in [-0.05, 0) is 72.7 Å². The van der Waals surface area contributed by atoms with Gasteiger partial charge < -0.3 is 10.2 Å². The largest absolute Gasteiger partial charge is 0.488 e. The maximum absolute atomic E-state index is 14.6. The number of hydrogen-bond donors (Lipinski definition) is 1. The van der Waals surface area contributed by atoms with Gasteiger partial charge in [0.2, 0.25) is 0 Å². The third-order valence-corrected chi connectivity index (χ3v) is 5.24. The Morgan fingerprint density at radius 2 is 2.00 bits per heavy atom. The minimum atomic E-state index is -0.504. The molecule has 0 aliphatic heterocycles. The number of allylic oxidation sites excluding steroid dienone is 2. The average molecular weight is 459 g/mol. The lowest BCUT2D eigenvalue weighted by molar-refractivity contribution is 0.297. The van der Waals surface area contributed by atoms with Gasteiger partial charge in [0, 0.05) is 24.7 Å². The molecule has 0 fully saturated rings. The van der Waals surface area contributed by atoms with Crippen molar-refractivity contribution >= 4 is 17.3 Å². The van der Waals surface area contributed by atoms with E-state index in [1.165, 1.54) is 19.2 Å². The Morgan fingerprint density at radius 3 is 2.59 bits per heavy atom. The molecule has 0 saturated carbocycles. The number of nitrogens with zero attached hydrogens (tertiary/aromatic N) is 5. The standard InChI is InChI=1S/C22H24ClFN6O2/c1-13-11-16(21(26-25-4)14(2)15(3)23)9-10-20(13)32-12-17-18(24)7-6-8-19(17)30-22(31)29(5)27-28-30/h6-11,25H,12H2,1-5H3/b15-14+,26-21+. The van der Waals surface area contributed by atoms with Gasteiger partial charge in [0.25, 0.3) is 0 Å². The van der Waals surface area contributed by atoms with E-state index < -0.39 is 11.5 Å². The van der Waals surface area contributed by atoms with Crippen LogP contribution in [0, 0.1) is 12.7 Å². The molecule has 0 amide bonds. The van der Waals surface area contributed by atoms with Crippen molar-refractivity contribution in [1.29, 1.82) is 0 Å². The number of ether oxygens (including phenoxy) is 1. The maximum atomic E-state index is 14.6. The van der Waals surface area contributed by atoms with Crippen LogP contribution >= 0.6 is 11.6 Å². The predicted octanol–water partition coefficient (Wildman–Crippen LogP) is 3.45. The Kier molecular flexibility index (Phi) is 7.09. The molecule has 0 saturated heterocycles. The number of aryl methyl sites for hydroxylation is 2. The lowest BCUT2D eigenvalue weighted by Gasteiger charge is -2.14. The molecule has 3 aromatic rings. The van der Waals surface area contributed by atoms with E-state index >= 15 is 0 Å². The van der Waals surface area contributed by atoms with E-state index in [9.17, 15) is 9.18 Å². The van der Waals surface area contributed by atoms with E-state index in [1.807, 2.05) is 26.0 Å². The van der Waals surface area contributed by atoms with E-state index in [4.69, 9.17) is 16.3 Å². The lowest BCUT2D eigenvalue weighted by atomic mass is 10.0. The summed E-state index contributed by atoms with van der Waals surface area (Å²) < 4.78 is 22.6. The van der Waals surface area contributed by atoms with E-state index in [2.05, 4.69) is 21.0 Å². The highest BCUT2D eigenvalue weighted by atomic mass is 35.5. The van der Waals surface area contributed by atoms with Gasteiger partial charge in [-0.15, -0.1) is 0 Å². The molecule has 0 aliphatic rings. The number of benzene rings is 2. The first-order valence-electron chi connectivity index (χ1n) is 9.83. The second-order valence-electron chi connectivity index (χ2n) is 7.15. The molecule has 0 unspecified atom stereocenters. The molecule has 10 heteroatoms. The molecule has 0 bridgehead atoms. The van der Waals surface area contributed by atoms with Crippen molar-refractivity contribution in [3.63, 3.8) is 0 Å². The fraction of sp³-hybridized carbons (Fsp3) is 0.273. The molecule has 0 aliphatic carbocycles. The fourth-order valence-corrected chi connectivity index (χ4v) is 3.19. The fourth-order valence-electron chi connectivity index (χ4n) is 3.10. The highest BCUT2D eigenvalue weighted by Crippen LogP contribution is 2.25. The summed E-state index contributed by atoms with van der Waals surface area (Å²) in [6.07, 6.45) is 0. The number of hydrogen-bond acceptors (Lipinski definition) is 6. The number of rotatable bonds is 7. The first-order valence-corrected chi connectivity index (χ1v) is 10.2. The summed E-state index contributed by atoms with van der Waals surface area (Å²) in [6, 6.07) is 9.98. The molecule has 2 aromatic carbocycles. The van der Waals surface area contributed by atoms with Crippen LogP contribution in [0.3, 0.4) is 0 Å². The van der Waals surface area contributed by atoms with Crippen molar-refractivity contribution in [1.82, 2.24) is 25.2 Å². The zero-order chi connectivity index (χ0) is 23.4. The van der Waals surface area contributed by atoms with Crippen molar-refractivity contribution < 1.29 is 9.13 Å². The molecule has 32 heavy (non-hydrogen) atoms. The van der Waals surface area contributed by atoms with Gasteiger partial charge in [-0.2, -0.15) is 14.5 Å². The van der Waals surface area contributed by atoms with Gasteiger partial charge >= 0.3 is 5.69 Å². The van der Waals surface area contributed by atoms with Gasteiger partial charge in [-0.25, -0.2) is 9.18 Å². The van der Waals surface area contributed by atoms with E-state index in [-0.39, 0.29) is 17.9 Å². The van der Waals surface area contributed by atoms with Crippen LogP contribution in [0.4, 0.5) is 4.39 Å². The summed E-state index contributed by atoms with van der Waals surface area (Å²) in [5, 5.41) is 12.5. The zero-order valence-corrected chi connectivity index (χ0v) is 19.2. The SMILES string of the molecule is CN/N=C(\C(C)=C(/C)Cl)c1ccc(OCc2c(F)cccc2-n2nnn(C)c2=O)c(C)c1. The summed E-state index contributed by atoms with van der Waals surface area (Å²) in [5.74, 6) is 0.0681. The lowest BCUT2D eigenvalue weighted by Crippen LogP contribution is -2.23. The third-order valence-electron chi connectivity index (χ3n) is 4.96. The predicted molar refractivity (Wildman–Crippen MR) is 122 cm³/mol.